The Hall–Kier alpha value is -4.19. The van der Waals surface area contributed by atoms with Crippen LogP contribution < -0.4 is 0 Å². The van der Waals surface area contributed by atoms with Gasteiger partial charge in [-0.15, -0.1) is 0 Å². The van der Waals surface area contributed by atoms with E-state index in [-0.39, 0.29) is 44.4 Å². The van der Waals surface area contributed by atoms with Crippen LogP contribution in [0.1, 0.15) is 175 Å². The maximum atomic E-state index is 12.7. The van der Waals surface area contributed by atoms with Gasteiger partial charge in [0, 0.05) is 12.8 Å². The summed E-state index contributed by atoms with van der Waals surface area (Å²) in [7, 11) is 0. The summed E-state index contributed by atoms with van der Waals surface area (Å²) < 4.78 is 16.5. The Bertz CT molecular complexity index is 1300. The fourth-order valence-electron chi connectivity index (χ4n) is 5.61. The highest BCUT2D eigenvalue weighted by molar-refractivity contribution is 5.72. The van der Waals surface area contributed by atoms with Gasteiger partial charge in [-0.3, -0.25) is 14.4 Å². The predicted molar refractivity (Wildman–Crippen MR) is 251 cm³/mol. The number of allylic oxidation sites excluding steroid dienone is 19. The molecule has 0 aliphatic rings. The van der Waals surface area contributed by atoms with Crippen LogP contribution in [0.3, 0.4) is 0 Å². The molecule has 0 fully saturated rings. The lowest BCUT2D eigenvalue weighted by Crippen LogP contribution is -2.30. The van der Waals surface area contributed by atoms with Crippen molar-refractivity contribution in [3.63, 3.8) is 0 Å². The molecule has 0 aromatic carbocycles. The first kappa shape index (κ1) is 54.8. The molecule has 0 saturated carbocycles. The van der Waals surface area contributed by atoms with Crippen molar-refractivity contribution in [2.24, 2.45) is 0 Å². The van der Waals surface area contributed by atoms with Gasteiger partial charge in [-0.2, -0.15) is 0 Å². The summed E-state index contributed by atoms with van der Waals surface area (Å²) in [6, 6.07) is 0. The van der Waals surface area contributed by atoms with Crippen LogP contribution in [0.25, 0.3) is 0 Å². The summed E-state index contributed by atoms with van der Waals surface area (Å²) in [4.78, 5) is 37.7. The molecule has 6 heteroatoms. The molecule has 6 nitrogen and oxygen atoms in total. The van der Waals surface area contributed by atoms with Gasteiger partial charge in [-0.05, 0) is 89.9 Å². The maximum absolute atomic E-state index is 12.7. The molecule has 0 N–H and O–H groups in total. The van der Waals surface area contributed by atoms with Crippen molar-refractivity contribution in [3.05, 3.63) is 122 Å². The van der Waals surface area contributed by atoms with Crippen LogP contribution >= 0.6 is 0 Å². The molecule has 330 valence electrons. The number of carbonyl (C=O) groups excluding carboxylic acids is 3. The summed E-state index contributed by atoms with van der Waals surface area (Å²) >= 11 is 0. The minimum absolute atomic E-state index is 0.118. The van der Waals surface area contributed by atoms with Gasteiger partial charge >= 0.3 is 17.9 Å². The smallest absolute Gasteiger partial charge is 0.309 e. The molecule has 0 heterocycles. The second-order valence-corrected chi connectivity index (χ2v) is 14.6. The molecule has 0 bridgehead atoms. The lowest BCUT2D eigenvalue weighted by molar-refractivity contribution is -0.166. The number of hydrogen-bond acceptors (Lipinski definition) is 6. The third kappa shape index (κ3) is 44.8. The van der Waals surface area contributed by atoms with E-state index >= 15 is 0 Å². The molecule has 0 radical (unpaired) electrons. The molecule has 0 spiro atoms. The second-order valence-electron chi connectivity index (χ2n) is 14.6. The van der Waals surface area contributed by atoms with E-state index in [1.807, 2.05) is 6.08 Å². The van der Waals surface area contributed by atoms with Gasteiger partial charge in [0.1, 0.15) is 13.2 Å². The van der Waals surface area contributed by atoms with Crippen LogP contribution in [0.2, 0.25) is 0 Å². The van der Waals surface area contributed by atoms with Crippen molar-refractivity contribution in [3.8, 4) is 0 Å². The lowest BCUT2D eigenvalue weighted by atomic mass is 10.1. The predicted octanol–water partition coefficient (Wildman–Crippen LogP) is 15.0. The molecule has 0 amide bonds. The van der Waals surface area contributed by atoms with Crippen LogP contribution in [-0.4, -0.2) is 37.2 Å². The molecule has 0 rings (SSSR count). The van der Waals surface area contributed by atoms with E-state index in [1.54, 1.807) is 6.08 Å². The summed E-state index contributed by atoms with van der Waals surface area (Å²) in [6.45, 7) is 6.17. The molecular weight excluding hydrogens is 733 g/mol. The van der Waals surface area contributed by atoms with Crippen LogP contribution in [-0.2, 0) is 28.6 Å². The molecule has 0 aromatic rings. The maximum Gasteiger partial charge on any atom is 0.309 e. The van der Waals surface area contributed by atoms with Crippen molar-refractivity contribution in [2.75, 3.05) is 13.2 Å². The highest BCUT2D eigenvalue weighted by atomic mass is 16.6. The molecule has 1 unspecified atom stereocenters. The lowest BCUT2D eigenvalue weighted by Gasteiger charge is -2.18. The molecule has 59 heavy (non-hydrogen) atoms. The Kier molecular flexibility index (Phi) is 43.2. The first-order valence-corrected chi connectivity index (χ1v) is 23.1. The fraction of sp³-hybridized carbons (Fsp3) is 0.566. The van der Waals surface area contributed by atoms with Crippen LogP contribution in [0.5, 0.6) is 0 Å². The number of rotatable bonds is 39. The van der Waals surface area contributed by atoms with Crippen molar-refractivity contribution < 1.29 is 28.6 Å². The number of hydrogen-bond donors (Lipinski definition) is 0. The van der Waals surface area contributed by atoms with Crippen molar-refractivity contribution in [1.82, 2.24) is 0 Å². The summed E-state index contributed by atoms with van der Waals surface area (Å²) in [6.07, 6.45) is 63.6. The summed E-state index contributed by atoms with van der Waals surface area (Å²) in [5.74, 6) is -1.15. The molecule has 0 saturated heterocycles. The van der Waals surface area contributed by atoms with E-state index in [0.29, 0.717) is 6.42 Å². The van der Waals surface area contributed by atoms with Crippen LogP contribution in [0, 0.1) is 0 Å². The van der Waals surface area contributed by atoms with Crippen molar-refractivity contribution >= 4 is 17.9 Å². The monoisotopic (exact) mass is 815 g/mol. The fourth-order valence-corrected chi connectivity index (χ4v) is 5.61. The van der Waals surface area contributed by atoms with E-state index in [9.17, 15) is 14.4 Å². The molecule has 0 aliphatic heterocycles. The topological polar surface area (TPSA) is 78.9 Å². The van der Waals surface area contributed by atoms with E-state index in [2.05, 4.69) is 130 Å². The Morgan fingerprint density at radius 1 is 0.390 bits per heavy atom. The number of carbonyl (C=O) groups is 3. The van der Waals surface area contributed by atoms with Crippen LogP contribution in [0.4, 0.5) is 0 Å². The van der Waals surface area contributed by atoms with Gasteiger partial charge < -0.3 is 14.2 Å². The van der Waals surface area contributed by atoms with Crippen LogP contribution in [0.15, 0.2) is 122 Å². The molecular formula is C53H82O6. The third-order valence-corrected chi connectivity index (χ3v) is 9.03. The normalized spacial score (nSPS) is 13.2. The summed E-state index contributed by atoms with van der Waals surface area (Å²) in [5, 5.41) is 0. The zero-order chi connectivity index (χ0) is 43.0. The van der Waals surface area contributed by atoms with Gasteiger partial charge in [0.15, 0.2) is 6.10 Å². The van der Waals surface area contributed by atoms with E-state index in [1.165, 1.54) is 44.9 Å². The zero-order valence-electron chi connectivity index (χ0n) is 37.5. The first-order chi connectivity index (χ1) is 29.0. The van der Waals surface area contributed by atoms with E-state index in [0.717, 1.165) is 83.5 Å². The average Bonchev–Trinajstić information content (AvgIpc) is 3.23. The Labute approximate surface area is 361 Å². The first-order valence-electron chi connectivity index (χ1n) is 23.1. The van der Waals surface area contributed by atoms with E-state index in [4.69, 9.17) is 14.2 Å². The third-order valence-electron chi connectivity index (χ3n) is 9.03. The van der Waals surface area contributed by atoms with Gasteiger partial charge in [0.25, 0.3) is 0 Å². The van der Waals surface area contributed by atoms with Gasteiger partial charge in [-0.25, -0.2) is 0 Å². The quantitative estimate of drug-likeness (QED) is 0.0202. The van der Waals surface area contributed by atoms with Crippen molar-refractivity contribution in [2.45, 2.75) is 181 Å². The largest absolute Gasteiger partial charge is 0.462 e. The molecule has 1 atom stereocenters. The minimum Gasteiger partial charge on any atom is -0.462 e. The Balaban J connectivity index is 4.55. The van der Waals surface area contributed by atoms with Gasteiger partial charge in [0.05, 0.1) is 6.42 Å². The molecule has 0 aromatic heterocycles. The second kappa shape index (κ2) is 46.5. The Morgan fingerprint density at radius 2 is 0.831 bits per heavy atom. The Morgan fingerprint density at radius 3 is 1.42 bits per heavy atom. The average molecular weight is 815 g/mol. The number of unbranched alkanes of at least 4 members (excludes halogenated alkanes) is 11. The highest BCUT2D eigenvalue weighted by Crippen LogP contribution is 2.12. The minimum atomic E-state index is -0.843. The van der Waals surface area contributed by atoms with Gasteiger partial charge in [0.2, 0.25) is 0 Å². The SMILES string of the molecule is CC\C=C/C=C\C=C/CCCCCCCCCC(=O)OC(COC(=O)C/C=C\C/C=C\C/C=C\CC)COC(=O)CCC/C=C\C/C=C\C/C=C\C/C=C\CCCCC. The van der Waals surface area contributed by atoms with E-state index < -0.39 is 12.1 Å². The zero-order valence-corrected chi connectivity index (χ0v) is 37.5. The standard InChI is InChI=1S/C53H82O6/c1-4-7-10-13-16-19-21-23-25-26-28-29-31-34-37-40-43-46-52(55)58-49-50(48-57-51(54)45-42-39-36-33-18-15-12-9-6-3)59-53(56)47-44-41-38-35-32-30-27-24-22-20-17-14-11-8-5-2/h8-9,11-12,14,16-20,22-23,25,28-29,33-34,37,39,42,50H,4-7,10,13,15,21,24,26-27,30-32,35-36,38,40-41,43-49H2,1-3H3/b11-8-,12-9-,17-14-,19-16-,22-20-,25-23-,29-28-,33-18-,37-34-,42-39-. The number of esters is 3. The van der Waals surface area contributed by atoms with Crippen molar-refractivity contribution in [1.29, 1.82) is 0 Å². The highest BCUT2D eigenvalue weighted by Gasteiger charge is 2.19. The summed E-state index contributed by atoms with van der Waals surface area (Å²) in [5.41, 5.74) is 0. The van der Waals surface area contributed by atoms with Gasteiger partial charge in [-0.1, -0.05) is 187 Å². The number of ether oxygens (including phenoxy) is 3. The molecule has 0 aliphatic carbocycles.